The number of nitrogens with zero attached hydrogens (tertiary/aromatic N) is 3. The molecule has 0 bridgehead atoms. The van der Waals surface area contributed by atoms with Gasteiger partial charge in [0.1, 0.15) is 0 Å². The third-order valence-electron chi connectivity index (χ3n) is 3.10. The van der Waals surface area contributed by atoms with Crippen LogP contribution < -0.4 is 5.43 Å². The van der Waals surface area contributed by atoms with Gasteiger partial charge in [-0.05, 0) is 11.6 Å². The van der Waals surface area contributed by atoms with Gasteiger partial charge >= 0.3 is 5.97 Å². The van der Waals surface area contributed by atoms with E-state index in [1.807, 2.05) is 42.5 Å². The van der Waals surface area contributed by atoms with Crippen molar-refractivity contribution >= 4 is 28.7 Å². The van der Waals surface area contributed by atoms with Crippen LogP contribution in [0, 0.1) is 0 Å². The van der Waals surface area contributed by atoms with Gasteiger partial charge in [0.05, 0.1) is 18.2 Å². The summed E-state index contributed by atoms with van der Waals surface area (Å²) in [5, 5.41) is 4.63. The molecule has 6 nitrogen and oxygen atoms in total. The van der Waals surface area contributed by atoms with Gasteiger partial charge in [0.15, 0.2) is 5.69 Å². The number of ether oxygens (including phenoxy) is 1. The van der Waals surface area contributed by atoms with E-state index in [4.69, 9.17) is 4.74 Å². The first-order chi connectivity index (χ1) is 11.8. The molecule has 1 N–H and O–H groups in total. The summed E-state index contributed by atoms with van der Waals surface area (Å²) in [6, 6.07) is 13.3. The summed E-state index contributed by atoms with van der Waals surface area (Å²) in [7, 11) is 1.34. The van der Waals surface area contributed by atoms with Crippen LogP contribution in [0.1, 0.15) is 16.1 Å². The molecular formula is C17H14N4O2S. The van der Waals surface area contributed by atoms with Crippen molar-refractivity contribution in [2.45, 2.75) is 0 Å². The zero-order valence-corrected chi connectivity index (χ0v) is 13.7. The average molecular weight is 338 g/mol. The van der Waals surface area contributed by atoms with Gasteiger partial charge in [0.25, 0.3) is 0 Å². The highest BCUT2D eigenvalue weighted by Gasteiger charge is 2.19. The molecule has 2 aromatic heterocycles. The Bertz CT molecular complexity index is 848. The number of nitrogens with one attached hydrogen (secondary N) is 1. The first-order valence-corrected chi connectivity index (χ1v) is 7.93. The highest BCUT2D eigenvalue weighted by molar-refractivity contribution is 7.19. The third kappa shape index (κ3) is 3.64. The van der Waals surface area contributed by atoms with Crippen LogP contribution in [0.3, 0.4) is 0 Å². The van der Waals surface area contributed by atoms with Crippen LogP contribution in [0.5, 0.6) is 0 Å². The summed E-state index contributed by atoms with van der Waals surface area (Å²) in [6.07, 6.45) is 5.02. The lowest BCUT2D eigenvalue weighted by Crippen LogP contribution is -2.03. The first kappa shape index (κ1) is 15.8. The number of carbonyl (C=O) groups excluding carboxylic acids is 1. The zero-order chi connectivity index (χ0) is 16.8. The maximum atomic E-state index is 12.0. The van der Waals surface area contributed by atoms with Crippen molar-refractivity contribution < 1.29 is 9.53 Å². The summed E-state index contributed by atoms with van der Waals surface area (Å²) >= 11 is 1.34. The summed E-state index contributed by atoms with van der Waals surface area (Å²) < 4.78 is 4.82. The van der Waals surface area contributed by atoms with Crippen molar-refractivity contribution in [2.75, 3.05) is 12.5 Å². The van der Waals surface area contributed by atoms with Gasteiger partial charge in [0, 0.05) is 18.0 Å². The standard InChI is InChI=1S/C17H14N4O2S/c1-23-16(22)14-15(13-7-3-2-4-8-13)24-17(20-14)21-19-11-12-6-5-9-18-10-12/h2-11H,1H3,(H,20,21)/b19-11+. The molecule has 120 valence electrons. The molecule has 0 aliphatic carbocycles. The molecule has 24 heavy (non-hydrogen) atoms. The molecule has 2 heterocycles. The summed E-state index contributed by atoms with van der Waals surface area (Å²) in [5.41, 5.74) is 4.88. The molecule has 0 fully saturated rings. The molecule has 0 saturated heterocycles. The lowest BCUT2D eigenvalue weighted by Gasteiger charge is -1.99. The van der Waals surface area contributed by atoms with E-state index in [1.165, 1.54) is 18.4 Å². The van der Waals surface area contributed by atoms with Crippen LogP contribution in [0.2, 0.25) is 0 Å². The number of methoxy groups -OCH3 is 1. The van der Waals surface area contributed by atoms with Crippen molar-refractivity contribution in [3.05, 3.63) is 66.1 Å². The largest absolute Gasteiger partial charge is 0.464 e. The highest BCUT2D eigenvalue weighted by Crippen LogP contribution is 2.33. The maximum Gasteiger partial charge on any atom is 0.358 e. The van der Waals surface area contributed by atoms with Crippen LogP contribution in [0.15, 0.2) is 60.0 Å². The Kier molecular flexibility index (Phi) is 4.93. The second-order valence-electron chi connectivity index (χ2n) is 4.71. The molecule has 3 rings (SSSR count). The minimum Gasteiger partial charge on any atom is -0.464 e. The fourth-order valence-corrected chi connectivity index (χ4v) is 2.91. The van der Waals surface area contributed by atoms with E-state index in [0.717, 1.165) is 16.0 Å². The quantitative estimate of drug-likeness (QED) is 0.438. The monoisotopic (exact) mass is 338 g/mol. The van der Waals surface area contributed by atoms with E-state index >= 15 is 0 Å². The molecule has 0 saturated carbocycles. The number of esters is 1. The Morgan fingerprint density at radius 1 is 1.25 bits per heavy atom. The van der Waals surface area contributed by atoms with Gasteiger partial charge in [-0.15, -0.1) is 0 Å². The predicted octanol–water partition coefficient (Wildman–Crippen LogP) is 3.44. The normalized spacial score (nSPS) is 10.7. The molecule has 3 aromatic rings. The Morgan fingerprint density at radius 2 is 2.08 bits per heavy atom. The van der Waals surface area contributed by atoms with E-state index in [0.29, 0.717) is 5.13 Å². The van der Waals surface area contributed by atoms with Crippen LogP contribution >= 0.6 is 11.3 Å². The van der Waals surface area contributed by atoms with Crippen LogP contribution in [0.4, 0.5) is 5.13 Å². The Hall–Kier alpha value is -3.06. The lowest BCUT2D eigenvalue weighted by molar-refractivity contribution is 0.0596. The lowest BCUT2D eigenvalue weighted by atomic mass is 10.1. The van der Waals surface area contributed by atoms with E-state index < -0.39 is 5.97 Å². The molecule has 0 unspecified atom stereocenters. The number of carbonyl (C=O) groups is 1. The number of aromatic nitrogens is 2. The highest BCUT2D eigenvalue weighted by atomic mass is 32.1. The van der Waals surface area contributed by atoms with E-state index in [1.54, 1.807) is 18.6 Å². The Balaban J connectivity index is 1.86. The van der Waals surface area contributed by atoms with Gasteiger partial charge in [-0.1, -0.05) is 47.7 Å². The number of benzene rings is 1. The topological polar surface area (TPSA) is 76.5 Å². The van der Waals surface area contributed by atoms with E-state index in [2.05, 4.69) is 20.5 Å². The summed E-state index contributed by atoms with van der Waals surface area (Å²) in [6.45, 7) is 0. The molecule has 0 amide bonds. The molecule has 7 heteroatoms. The second-order valence-corrected chi connectivity index (χ2v) is 5.71. The molecule has 1 aromatic carbocycles. The van der Waals surface area contributed by atoms with Crippen LogP contribution in [-0.2, 0) is 4.74 Å². The fraction of sp³-hybridized carbons (Fsp3) is 0.0588. The van der Waals surface area contributed by atoms with E-state index in [-0.39, 0.29) is 5.69 Å². The van der Waals surface area contributed by atoms with Crippen LogP contribution in [-0.4, -0.2) is 29.3 Å². The predicted molar refractivity (Wildman–Crippen MR) is 94.3 cm³/mol. The number of hydrogen-bond donors (Lipinski definition) is 1. The average Bonchev–Trinajstić information content (AvgIpc) is 3.07. The molecule has 0 aliphatic heterocycles. The first-order valence-electron chi connectivity index (χ1n) is 7.11. The van der Waals surface area contributed by atoms with Crippen molar-refractivity contribution in [2.24, 2.45) is 5.10 Å². The van der Waals surface area contributed by atoms with Gasteiger partial charge in [-0.25, -0.2) is 9.78 Å². The molecule has 0 radical (unpaired) electrons. The zero-order valence-electron chi connectivity index (χ0n) is 12.8. The molecule has 0 atom stereocenters. The minimum absolute atomic E-state index is 0.271. The van der Waals surface area contributed by atoms with Crippen molar-refractivity contribution in [3.63, 3.8) is 0 Å². The second kappa shape index (κ2) is 7.47. The SMILES string of the molecule is COC(=O)c1nc(N/N=C/c2cccnc2)sc1-c1ccccc1. The van der Waals surface area contributed by atoms with Gasteiger partial charge < -0.3 is 4.74 Å². The van der Waals surface area contributed by atoms with E-state index in [9.17, 15) is 4.79 Å². The molecule has 0 aliphatic rings. The maximum absolute atomic E-state index is 12.0. The van der Waals surface area contributed by atoms with Crippen molar-refractivity contribution in [3.8, 4) is 10.4 Å². The summed E-state index contributed by atoms with van der Waals surface area (Å²) in [4.78, 5) is 21.0. The number of hydrazone groups is 1. The number of hydrogen-bond acceptors (Lipinski definition) is 7. The van der Waals surface area contributed by atoms with Crippen molar-refractivity contribution in [1.82, 2.24) is 9.97 Å². The Labute approximate surface area is 142 Å². The van der Waals surface area contributed by atoms with Crippen LogP contribution in [0.25, 0.3) is 10.4 Å². The molecule has 0 spiro atoms. The number of pyridine rings is 1. The van der Waals surface area contributed by atoms with Gasteiger partial charge in [-0.2, -0.15) is 5.10 Å². The fourth-order valence-electron chi connectivity index (χ4n) is 2.00. The number of rotatable bonds is 5. The third-order valence-corrected chi connectivity index (χ3v) is 4.11. The van der Waals surface area contributed by atoms with Crippen molar-refractivity contribution in [1.29, 1.82) is 0 Å². The Morgan fingerprint density at radius 3 is 2.79 bits per heavy atom. The van der Waals surface area contributed by atoms with Gasteiger partial charge in [-0.3, -0.25) is 10.4 Å². The molecular weight excluding hydrogens is 324 g/mol. The van der Waals surface area contributed by atoms with Gasteiger partial charge in [0.2, 0.25) is 5.13 Å². The minimum atomic E-state index is -0.477. The number of thiazole rings is 1. The number of anilines is 1. The smallest absolute Gasteiger partial charge is 0.358 e. The summed E-state index contributed by atoms with van der Waals surface area (Å²) in [5.74, 6) is -0.477.